The maximum atomic E-state index is 13.5. The second-order valence-corrected chi connectivity index (χ2v) is 4.46. The van der Waals surface area contributed by atoms with E-state index < -0.39 is 0 Å². The maximum absolute atomic E-state index is 13.5. The summed E-state index contributed by atoms with van der Waals surface area (Å²) in [5.74, 6) is -0.538. The Morgan fingerprint density at radius 1 is 1.11 bits per heavy atom. The van der Waals surface area contributed by atoms with E-state index in [1.807, 2.05) is 0 Å². The first-order valence-corrected chi connectivity index (χ1v) is 6.00. The highest BCUT2D eigenvalue weighted by atomic mass is 19.1. The molecule has 0 aliphatic rings. The lowest BCUT2D eigenvalue weighted by molar-refractivity contribution is 0.613. The Labute approximate surface area is 111 Å². The molecule has 1 nitrogen and oxygen atoms in total. The second kappa shape index (κ2) is 5.65. The molecule has 98 valence electrons. The van der Waals surface area contributed by atoms with Gasteiger partial charge in [0.15, 0.2) is 0 Å². The Kier molecular flexibility index (Phi) is 3.95. The van der Waals surface area contributed by atoms with Crippen LogP contribution < -0.4 is 5.32 Å². The summed E-state index contributed by atoms with van der Waals surface area (Å²) >= 11 is 0. The molecule has 19 heavy (non-hydrogen) atoms. The van der Waals surface area contributed by atoms with Gasteiger partial charge in [-0.25, -0.2) is 8.78 Å². The number of aryl methyl sites for hydroxylation is 1. The van der Waals surface area contributed by atoms with Crippen LogP contribution in [0.15, 0.2) is 54.7 Å². The van der Waals surface area contributed by atoms with Gasteiger partial charge in [0.1, 0.15) is 11.6 Å². The van der Waals surface area contributed by atoms with Crippen molar-refractivity contribution >= 4 is 5.69 Å². The summed E-state index contributed by atoms with van der Waals surface area (Å²) in [7, 11) is 0. The third kappa shape index (κ3) is 3.41. The summed E-state index contributed by atoms with van der Waals surface area (Å²) in [6, 6.07) is 11.4. The molecule has 0 heterocycles. The quantitative estimate of drug-likeness (QED) is 0.855. The Bertz CT molecular complexity index is 605. The normalized spacial score (nSPS) is 10.3. The van der Waals surface area contributed by atoms with Gasteiger partial charge in [0.05, 0.1) is 0 Å². The minimum atomic E-state index is -0.274. The molecule has 0 bridgehead atoms. The fourth-order valence-electron chi connectivity index (χ4n) is 1.79. The van der Waals surface area contributed by atoms with Gasteiger partial charge < -0.3 is 5.32 Å². The highest BCUT2D eigenvalue weighted by molar-refractivity contribution is 5.50. The van der Waals surface area contributed by atoms with E-state index >= 15 is 0 Å². The predicted octanol–water partition coefficient (Wildman–Crippen LogP) is 4.44. The van der Waals surface area contributed by atoms with Crippen molar-refractivity contribution in [2.45, 2.75) is 13.3 Å². The zero-order chi connectivity index (χ0) is 13.8. The molecule has 0 atom stereocenters. The molecule has 2 rings (SSSR count). The molecule has 0 amide bonds. The first kappa shape index (κ1) is 13.3. The number of anilines is 1. The van der Waals surface area contributed by atoms with Crippen LogP contribution >= 0.6 is 0 Å². The number of allylic oxidation sites excluding steroid dienone is 1. The SMILES string of the molecule is C=C(Cc1ccccc1F)Nc1ccc(C)c(F)c1. The topological polar surface area (TPSA) is 12.0 Å². The average Bonchev–Trinajstić information content (AvgIpc) is 2.37. The zero-order valence-corrected chi connectivity index (χ0v) is 10.7. The molecule has 1 N–H and O–H groups in total. The number of benzene rings is 2. The lowest BCUT2D eigenvalue weighted by Gasteiger charge is -2.11. The molecular formula is C16H15F2N. The zero-order valence-electron chi connectivity index (χ0n) is 10.7. The van der Waals surface area contributed by atoms with Gasteiger partial charge in [-0.1, -0.05) is 30.8 Å². The van der Waals surface area contributed by atoms with Crippen molar-refractivity contribution in [2.24, 2.45) is 0 Å². The van der Waals surface area contributed by atoms with Gasteiger partial charge in [0.2, 0.25) is 0 Å². The van der Waals surface area contributed by atoms with Crippen LogP contribution in [-0.2, 0) is 6.42 Å². The van der Waals surface area contributed by atoms with E-state index in [1.54, 1.807) is 37.3 Å². The fourth-order valence-corrected chi connectivity index (χ4v) is 1.79. The number of halogens is 2. The molecule has 0 saturated heterocycles. The molecule has 0 aliphatic carbocycles. The van der Waals surface area contributed by atoms with E-state index in [-0.39, 0.29) is 11.6 Å². The van der Waals surface area contributed by atoms with Crippen LogP contribution in [0.5, 0.6) is 0 Å². The minimum absolute atomic E-state index is 0.263. The molecule has 0 unspecified atom stereocenters. The van der Waals surface area contributed by atoms with Gasteiger partial charge in [0.25, 0.3) is 0 Å². The third-order valence-electron chi connectivity index (χ3n) is 2.85. The Morgan fingerprint density at radius 3 is 2.53 bits per heavy atom. The summed E-state index contributed by atoms with van der Waals surface area (Å²) in [5.41, 5.74) is 2.38. The Morgan fingerprint density at radius 2 is 1.84 bits per heavy atom. The van der Waals surface area contributed by atoms with Crippen molar-refractivity contribution in [3.63, 3.8) is 0 Å². The third-order valence-corrected chi connectivity index (χ3v) is 2.85. The minimum Gasteiger partial charge on any atom is -0.359 e. The van der Waals surface area contributed by atoms with Crippen LogP contribution in [0.2, 0.25) is 0 Å². The first-order valence-electron chi connectivity index (χ1n) is 6.00. The van der Waals surface area contributed by atoms with E-state index in [0.29, 0.717) is 28.9 Å². The summed E-state index contributed by atoms with van der Waals surface area (Å²) in [6.45, 7) is 5.54. The maximum Gasteiger partial charge on any atom is 0.128 e. The highest BCUT2D eigenvalue weighted by Gasteiger charge is 2.04. The molecule has 0 fully saturated rings. The summed E-state index contributed by atoms with van der Waals surface area (Å²) < 4.78 is 26.9. The van der Waals surface area contributed by atoms with Crippen molar-refractivity contribution < 1.29 is 8.78 Å². The van der Waals surface area contributed by atoms with Crippen molar-refractivity contribution in [2.75, 3.05) is 5.32 Å². The van der Waals surface area contributed by atoms with Crippen LogP contribution in [0.3, 0.4) is 0 Å². The van der Waals surface area contributed by atoms with E-state index in [0.717, 1.165) is 0 Å². The van der Waals surface area contributed by atoms with Crippen LogP contribution in [-0.4, -0.2) is 0 Å². The summed E-state index contributed by atoms with van der Waals surface area (Å²) in [6.07, 6.45) is 0.363. The van der Waals surface area contributed by atoms with Gasteiger partial charge in [-0.15, -0.1) is 0 Å². The van der Waals surface area contributed by atoms with Crippen molar-refractivity contribution in [1.82, 2.24) is 0 Å². The van der Waals surface area contributed by atoms with E-state index in [4.69, 9.17) is 0 Å². The van der Waals surface area contributed by atoms with Crippen LogP contribution in [0, 0.1) is 18.6 Å². The predicted molar refractivity (Wildman–Crippen MR) is 74.0 cm³/mol. The average molecular weight is 259 g/mol. The molecule has 3 heteroatoms. The van der Waals surface area contributed by atoms with E-state index in [9.17, 15) is 8.78 Å². The van der Waals surface area contributed by atoms with Crippen molar-refractivity contribution in [3.05, 3.63) is 77.5 Å². The lowest BCUT2D eigenvalue weighted by Crippen LogP contribution is -2.03. The monoisotopic (exact) mass is 259 g/mol. The first-order chi connectivity index (χ1) is 9.06. The Balaban J connectivity index is 2.05. The molecule has 0 saturated carbocycles. The number of hydrogen-bond acceptors (Lipinski definition) is 1. The largest absolute Gasteiger partial charge is 0.359 e. The lowest BCUT2D eigenvalue weighted by atomic mass is 10.1. The molecule has 0 aromatic heterocycles. The van der Waals surface area contributed by atoms with Crippen molar-refractivity contribution in [1.29, 1.82) is 0 Å². The molecule has 0 aliphatic heterocycles. The number of rotatable bonds is 4. The van der Waals surface area contributed by atoms with Crippen LogP contribution in [0.1, 0.15) is 11.1 Å². The highest BCUT2D eigenvalue weighted by Crippen LogP contribution is 2.17. The smallest absolute Gasteiger partial charge is 0.128 e. The van der Waals surface area contributed by atoms with E-state index in [1.165, 1.54) is 12.1 Å². The van der Waals surface area contributed by atoms with Crippen molar-refractivity contribution in [3.8, 4) is 0 Å². The van der Waals surface area contributed by atoms with Gasteiger partial charge in [0, 0.05) is 17.8 Å². The molecule has 0 radical (unpaired) electrons. The molecule has 2 aromatic carbocycles. The van der Waals surface area contributed by atoms with E-state index in [2.05, 4.69) is 11.9 Å². The Hall–Kier alpha value is -2.16. The van der Waals surface area contributed by atoms with Crippen LogP contribution in [0.4, 0.5) is 14.5 Å². The summed E-state index contributed by atoms with van der Waals surface area (Å²) in [4.78, 5) is 0. The van der Waals surface area contributed by atoms with Gasteiger partial charge in [-0.2, -0.15) is 0 Å². The molecular weight excluding hydrogens is 244 g/mol. The van der Waals surface area contributed by atoms with Gasteiger partial charge in [-0.05, 0) is 36.2 Å². The van der Waals surface area contributed by atoms with Crippen LogP contribution in [0.25, 0.3) is 0 Å². The number of hydrogen-bond donors (Lipinski definition) is 1. The summed E-state index contributed by atoms with van der Waals surface area (Å²) in [5, 5.41) is 2.98. The molecule has 2 aromatic rings. The standard InChI is InChI=1S/C16H15F2N/c1-11-7-8-14(10-16(11)18)19-12(2)9-13-5-3-4-6-15(13)17/h3-8,10,19H,2,9H2,1H3. The molecule has 0 spiro atoms. The van der Waals surface area contributed by atoms with Gasteiger partial charge in [-0.3, -0.25) is 0 Å². The second-order valence-electron chi connectivity index (χ2n) is 4.46. The fraction of sp³-hybridized carbons (Fsp3) is 0.125. The van der Waals surface area contributed by atoms with Gasteiger partial charge >= 0.3 is 0 Å². The number of nitrogens with one attached hydrogen (secondary N) is 1.